The van der Waals surface area contributed by atoms with Gasteiger partial charge < -0.3 is 14.8 Å². The fourth-order valence-corrected chi connectivity index (χ4v) is 1.54. The number of ether oxygens (including phenoxy) is 2. The first-order valence-electron chi connectivity index (χ1n) is 6.15. The average Bonchev–Trinajstić information content (AvgIpc) is 2.39. The molecular weight excluding hydrogens is 230 g/mol. The van der Waals surface area contributed by atoms with Gasteiger partial charge in [0.05, 0.1) is 7.11 Å². The summed E-state index contributed by atoms with van der Waals surface area (Å²) >= 11 is 0. The molecule has 0 heterocycles. The summed E-state index contributed by atoms with van der Waals surface area (Å²) in [6.45, 7) is 4.66. The first-order valence-corrected chi connectivity index (χ1v) is 6.15. The van der Waals surface area contributed by atoms with E-state index >= 15 is 0 Å². The lowest BCUT2D eigenvalue weighted by Crippen LogP contribution is -2.33. The van der Waals surface area contributed by atoms with Crippen LogP contribution < -0.4 is 10.1 Å². The van der Waals surface area contributed by atoms with E-state index in [1.54, 1.807) is 7.11 Å². The molecule has 4 heteroatoms. The van der Waals surface area contributed by atoms with Crippen molar-refractivity contribution >= 4 is 5.97 Å². The Kier molecular flexibility index (Phi) is 6.22. The lowest BCUT2D eigenvalue weighted by atomic mass is 10.2. The highest BCUT2D eigenvalue weighted by Crippen LogP contribution is 2.11. The summed E-state index contributed by atoms with van der Waals surface area (Å²) < 4.78 is 10.1. The second-order valence-corrected chi connectivity index (χ2v) is 4.14. The van der Waals surface area contributed by atoms with Crippen LogP contribution >= 0.6 is 0 Å². The van der Waals surface area contributed by atoms with Crippen LogP contribution in [0.15, 0.2) is 24.3 Å². The fourth-order valence-electron chi connectivity index (χ4n) is 1.54. The number of carbonyl (C=O) groups is 1. The molecule has 0 aromatic heterocycles. The maximum Gasteiger partial charge on any atom is 0.302 e. The monoisotopic (exact) mass is 251 g/mol. The van der Waals surface area contributed by atoms with Crippen molar-refractivity contribution < 1.29 is 14.3 Å². The van der Waals surface area contributed by atoms with Crippen LogP contribution in [0, 0.1) is 0 Å². The highest BCUT2D eigenvalue weighted by Gasteiger charge is 2.07. The van der Waals surface area contributed by atoms with E-state index in [-0.39, 0.29) is 12.0 Å². The molecule has 0 aliphatic rings. The number of nitrogens with one attached hydrogen (secondary N) is 1. The number of methoxy groups -OCH3 is 1. The highest BCUT2D eigenvalue weighted by molar-refractivity contribution is 5.65. The summed E-state index contributed by atoms with van der Waals surface area (Å²) in [6.07, 6.45) is 0.920. The molecule has 0 aliphatic heterocycles. The van der Waals surface area contributed by atoms with E-state index in [2.05, 4.69) is 12.2 Å². The molecule has 0 radical (unpaired) electrons. The van der Waals surface area contributed by atoms with Gasteiger partial charge in [-0.2, -0.15) is 0 Å². The molecule has 0 saturated heterocycles. The summed E-state index contributed by atoms with van der Waals surface area (Å²) in [5.74, 6) is 0.616. The molecule has 1 rings (SSSR count). The number of hydrogen-bond donors (Lipinski definition) is 1. The van der Waals surface area contributed by atoms with Crippen LogP contribution in [-0.4, -0.2) is 25.7 Å². The van der Waals surface area contributed by atoms with Gasteiger partial charge in [-0.25, -0.2) is 0 Å². The molecule has 0 amide bonds. The van der Waals surface area contributed by atoms with Crippen molar-refractivity contribution in [3.63, 3.8) is 0 Å². The predicted molar refractivity (Wildman–Crippen MR) is 70.5 cm³/mol. The molecule has 0 spiro atoms. The Hall–Kier alpha value is -1.55. The first-order chi connectivity index (χ1) is 8.65. The van der Waals surface area contributed by atoms with Crippen LogP contribution in [0.2, 0.25) is 0 Å². The largest absolute Gasteiger partial charge is 0.497 e. The van der Waals surface area contributed by atoms with E-state index in [1.807, 2.05) is 24.3 Å². The minimum absolute atomic E-state index is 0.191. The third-order valence-electron chi connectivity index (χ3n) is 2.73. The predicted octanol–water partition coefficient (Wildman–Crippen LogP) is 2.13. The second-order valence-electron chi connectivity index (χ2n) is 4.14. The van der Waals surface area contributed by atoms with Crippen LogP contribution in [0.4, 0.5) is 0 Å². The van der Waals surface area contributed by atoms with Crippen LogP contribution in [0.1, 0.15) is 25.8 Å². The maximum absolute atomic E-state index is 10.7. The summed E-state index contributed by atoms with van der Waals surface area (Å²) in [6, 6.07) is 8.10. The molecule has 0 saturated carbocycles. The number of rotatable bonds is 7. The van der Waals surface area contributed by atoms with Crippen molar-refractivity contribution in [1.82, 2.24) is 5.32 Å². The Morgan fingerprint density at radius 1 is 1.33 bits per heavy atom. The van der Waals surface area contributed by atoms with Crippen LogP contribution in [-0.2, 0) is 16.1 Å². The molecule has 1 aromatic rings. The van der Waals surface area contributed by atoms with Crippen molar-refractivity contribution in [2.24, 2.45) is 0 Å². The quantitative estimate of drug-likeness (QED) is 0.754. The van der Waals surface area contributed by atoms with Gasteiger partial charge in [0.1, 0.15) is 12.4 Å². The molecule has 1 atom stereocenters. The second kappa shape index (κ2) is 7.71. The van der Waals surface area contributed by atoms with Gasteiger partial charge in [0.25, 0.3) is 0 Å². The third kappa shape index (κ3) is 5.19. The highest BCUT2D eigenvalue weighted by atomic mass is 16.5. The zero-order valence-corrected chi connectivity index (χ0v) is 11.2. The Morgan fingerprint density at radius 3 is 2.50 bits per heavy atom. The van der Waals surface area contributed by atoms with Gasteiger partial charge in [0.15, 0.2) is 0 Å². The Morgan fingerprint density at radius 2 is 2.00 bits per heavy atom. The molecule has 0 aliphatic carbocycles. The normalized spacial score (nSPS) is 11.9. The van der Waals surface area contributed by atoms with E-state index in [0.29, 0.717) is 6.61 Å². The Labute approximate surface area is 108 Å². The summed E-state index contributed by atoms with van der Waals surface area (Å²) in [7, 11) is 1.65. The van der Waals surface area contributed by atoms with Gasteiger partial charge in [-0.15, -0.1) is 0 Å². The van der Waals surface area contributed by atoms with Gasteiger partial charge in [-0.1, -0.05) is 19.1 Å². The van der Waals surface area contributed by atoms with Gasteiger partial charge >= 0.3 is 5.97 Å². The van der Waals surface area contributed by atoms with Crippen molar-refractivity contribution in [3.8, 4) is 5.75 Å². The summed E-state index contributed by atoms with van der Waals surface area (Å²) in [5, 5.41) is 3.36. The maximum atomic E-state index is 10.7. The number of esters is 1. The van der Waals surface area contributed by atoms with Crippen LogP contribution in [0.5, 0.6) is 5.75 Å². The minimum Gasteiger partial charge on any atom is -0.497 e. The number of benzene rings is 1. The molecule has 1 unspecified atom stereocenters. The van der Waals surface area contributed by atoms with Gasteiger partial charge in [0, 0.05) is 19.5 Å². The zero-order chi connectivity index (χ0) is 13.4. The van der Waals surface area contributed by atoms with Gasteiger partial charge in [0.2, 0.25) is 0 Å². The number of carbonyl (C=O) groups excluding carboxylic acids is 1. The van der Waals surface area contributed by atoms with Crippen LogP contribution in [0.3, 0.4) is 0 Å². The molecule has 0 fully saturated rings. The van der Waals surface area contributed by atoms with E-state index in [0.717, 1.165) is 18.7 Å². The zero-order valence-electron chi connectivity index (χ0n) is 11.2. The van der Waals surface area contributed by atoms with Gasteiger partial charge in [-0.05, 0) is 24.1 Å². The molecule has 4 nitrogen and oxygen atoms in total. The molecular formula is C14H21NO3. The molecule has 0 bridgehead atoms. The minimum atomic E-state index is -0.236. The van der Waals surface area contributed by atoms with Crippen molar-refractivity contribution in [3.05, 3.63) is 29.8 Å². The van der Waals surface area contributed by atoms with Crippen molar-refractivity contribution in [1.29, 1.82) is 0 Å². The topological polar surface area (TPSA) is 47.6 Å². The van der Waals surface area contributed by atoms with Crippen molar-refractivity contribution in [2.75, 3.05) is 13.7 Å². The lowest BCUT2D eigenvalue weighted by Gasteiger charge is -2.16. The standard InChI is InChI=1S/C14H21NO3/c1-4-13(10-18-11(2)16)15-9-12-5-7-14(17-3)8-6-12/h5-8,13,15H,4,9-10H2,1-3H3. The van der Waals surface area contributed by atoms with E-state index in [4.69, 9.17) is 9.47 Å². The van der Waals surface area contributed by atoms with E-state index in [1.165, 1.54) is 12.5 Å². The van der Waals surface area contributed by atoms with Crippen molar-refractivity contribution in [2.45, 2.75) is 32.9 Å². The summed E-state index contributed by atoms with van der Waals surface area (Å²) in [5.41, 5.74) is 1.18. The molecule has 18 heavy (non-hydrogen) atoms. The summed E-state index contributed by atoms with van der Waals surface area (Å²) in [4.78, 5) is 10.7. The number of hydrogen-bond acceptors (Lipinski definition) is 4. The Bertz CT molecular complexity index is 362. The van der Waals surface area contributed by atoms with E-state index in [9.17, 15) is 4.79 Å². The van der Waals surface area contributed by atoms with E-state index < -0.39 is 0 Å². The average molecular weight is 251 g/mol. The molecule has 100 valence electrons. The third-order valence-corrected chi connectivity index (χ3v) is 2.73. The SMILES string of the molecule is CCC(COC(C)=O)NCc1ccc(OC)cc1. The van der Waals surface area contributed by atoms with Crippen LogP contribution in [0.25, 0.3) is 0 Å². The smallest absolute Gasteiger partial charge is 0.302 e. The Balaban J connectivity index is 2.38. The fraction of sp³-hybridized carbons (Fsp3) is 0.500. The van der Waals surface area contributed by atoms with Gasteiger partial charge in [-0.3, -0.25) is 4.79 Å². The lowest BCUT2D eigenvalue weighted by molar-refractivity contribution is -0.141. The first kappa shape index (κ1) is 14.5. The molecule has 1 aromatic carbocycles. The molecule has 1 N–H and O–H groups in total.